The third-order valence-electron chi connectivity index (χ3n) is 3.23. The van der Waals surface area contributed by atoms with Crippen LogP contribution in [0.25, 0.3) is 0 Å². The van der Waals surface area contributed by atoms with Crippen molar-refractivity contribution >= 4 is 5.84 Å². The van der Waals surface area contributed by atoms with Crippen LogP contribution < -0.4 is 5.73 Å². The molecule has 0 aromatic carbocycles. The maximum absolute atomic E-state index is 7.41. The summed E-state index contributed by atoms with van der Waals surface area (Å²) in [4.78, 5) is 2.53. The van der Waals surface area contributed by atoms with Crippen LogP contribution in [0, 0.1) is 11.3 Å². The minimum atomic E-state index is 0.322. The molecule has 0 spiro atoms. The molecule has 1 unspecified atom stereocenters. The van der Waals surface area contributed by atoms with Gasteiger partial charge in [-0.2, -0.15) is 0 Å². The Hall–Kier alpha value is -0.570. The summed E-state index contributed by atoms with van der Waals surface area (Å²) < 4.78 is 0. The highest BCUT2D eigenvalue weighted by molar-refractivity contribution is 5.77. The molecule has 3 nitrogen and oxygen atoms in total. The first-order valence-corrected chi connectivity index (χ1v) is 6.13. The second-order valence-electron chi connectivity index (χ2n) is 5.03. The van der Waals surface area contributed by atoms with Gasteiger partial charge in [-0.05, 0) is 39.0 Å². The molecule has 0 aromatic rings. The summed E-state index contributed by atoms with van der Waals surface area (Å²) in [7, 11) is 0. The molecule has 0 aromatic heterocycles. The fourth-order valence-corrected chi connectivity index (χ4v) is 2.13. The first-order chi connectivity index (χ1) is 7.04. The van der Waals surface area contributed by atoms with Crippen LogP contribution in [0.2, 0.25) is 0 Å². The molecule has 0 bridgehead atoms. The van der Waals surface area contributed by atoms with Gasteiger partial charge in [-0.25, -0.2) is 0 Å². The molecule has 1 aliphatic rings. The summed E-state index contributed by atoms with van der Waals surface area (Å²) in [6.07, 6.45) is 4.59. The van der Waals surface area contributed by atoms with E-state index in [9.17, 15) is 0 Å². The fraction of sp³-hybridized carbons (Fsp3) is 0.917. The highest BCUT2D eigenvalue weighted by atomic mass is 15.2. The maximum Gasteiger partial charge on any atom is 0.0921 e. The summed E-state index contributed by atoms with van der Waals surface area (Å²) in [5, 5.41) is 7.41. The molecule has 1 aliphatic carbocycles. The summed E-state index contributed by atoms with van der Waals surface area (Å²) >= 11 is 0. The van der Waals surface area contributed by atoms with Crippen LogP contribution in [0.15, 0.2) is 0 Å². The van der Waals surface area contributed by atoms with Crippen LogP contribution in [0.1, 0.15) is 46.5 Å². The quantitative estimate of drug-likeness (QED) is 0.501. The van der Waals surface area contributed by atoms with Crippen molar-refractivity contribution < 1.29 is 0 Å². The number of amidine groups is 1. The highest BCUT2D eigenvalue weighted by Gasteiger charge is 2.29. The normalized spacial score (nSPS) is 18.5. The van der Waals surface area contributed by atoms with Crippen molar-refractivity contribution in [1.29, 1.82) is 5.41 Å². The second kappa shape index (κ2) is 5.50. The molecule has 15 heavy (non-hydrogen) atoms. The SMILES string of the molecule is CCC(CC(=N)N)N(CC1CC1)C(C)C. The van der Waals surface area contributed by atoms with Gasteiger partial charge in [0.2, 0.25) is 0 Å². The molecular formula is C12H25N3. The molecule has 1 atom stereocenters. The van der Waals surface area contributed by atoms with Crippen molar-refractivity contribution in [3.63, 3.8) is 0 Å². The van der Waals surface area contributed by atoms with Crippen molar-refractivity contribution in [1.82, 2.24) is 4.90 Å². The van der Waals surface area contributed by atoms with Crippen molar-refractivity contribution in [2.24, 2.45) is 11.7 Å². The van der Waals surface area contributed by atoms with Gasteiger partial charge in [0, 0.05) is 25.0 Å². The average molecular weight is 211 g/mol. The van der Waals surface area contributed by atoms with E-state index >= 15 is 0 Å². The summed E-state index contributed by atoms with van der Waals surface area (Å²) in [6.45, 7) is 7.87. The van der Waals surface area contributed by atoms with Crippen molar-refractivity contribution in [3.8, 4) is 0 Å². The van der Waals surface area contributed by atoms with Gasteiger partial charge < -0.3 is 5.73 Å². The first-order valence-electron chi connectivity index (χ1n) is 6.13. The molecule has 1 saturated carbocycles. The standard InChI is InChI=1S/C12H25N3/c1-4-11(7-12(13)14)15(9(2)3)8-10-5-6-10/h9-11H,4-8H2,1-3H3,(H3,13,14). The first kappa shape index (κ1) is 12.5. The van der Waals surface area contributed by atoms with Crippen molar-refractivity contribution in [3.05, 3.63) is 0 Å². The third-order valence-corrected chi connectivity index (χ3v) is 3.23. The smallest absolute Gasteiger partial charge is 0.0921 e. The Labute approximate surface area is 93.5 Å². The van der Waals surface area contributed by atoms with Gasteiger partial charge in [-0.15, -0.1) is 0 Å². The number of nitrogens with two attached hydrogens (primary N) is 1. The lowest BCUT2D eigenvalue weighted by Crippen LogP contribution is -2.43. The Morgan fingerprint density at radius 2 is 2.07 bits per heavy atom. The van der Waals surface area contributed by atoms with Crippen LogP contribution in [0.3, 0.4) is 0 Å². The molecular weight excluding hydrogens is 186 g/mol. The van der Waals surface area contributed by atoms with Gasteiger partial charge in [-0.1, -0.05) is 6.92 Å². The highest BCUT2D eigenvalue weighted by Crippen LogP contribution is 2.31. The van der Waals surface area contributed by atoms with Crippen molar-refractivity contribution in [2.75, 3.05) is 6.54 Å². The van der Waals surface area contributed by atoms with E-state index in [1.807, 2.05) is 0 Å². The van der Waals surface area contributed by atoms with E-state index in [1.165, 1.54) is 19.4 Å². The van der Waals surface area contributed by atoms with E-state index in [1.54, 1.807) is 0 Å². The van der Waals surface area contributed by atoms with E-state index in [0.29, 0.717) is 17.9 Å². The summed E-state index contributed by atoms with van der Waals surface area (Å²) in [5.74, 6) is 1.23. The fourth-order valence-electron chi connectivity index (χ4n) is 2.13. The van der Waals surface area contributed by atoms with Crippen LogP contribution in [0.4, 0.5) is 0 Å². The molecule has 0 saturated heterocycles. The maximum atomic E-state index is 7.41. The Balaban J connectivity index is 2.52. The third kappa shape index (κ3) is 4.20. The largest absolute Gasteiger partial charge is 0.388 e. The molecule has 0 heterocycles. The molecule has 3 N–H and O–H groups in total. The molecule has 1 fully saturated rings. The number of rotatable bonds is 7. The zero-order valence-corrected chi connectivity index (χ0v) is 10.3. The molecule has 0 aliphatic heterocycles. The van der Waals surface area contributed by atoms with Crippen LogP contribution in [0.5, 0.6) is 0 Å². The van der Waals surface area contributed by atoms with Gasteiger partial charge in [0.1, 0.15) is 0 Å². The second-order valence-corrected chi connectivity index (χ2v) is 5.03. The number of nitrogens with one attached hydrogen (secondary N) is 1. The van der Waals surface area contributed by atoms with Crippen LogP contribution >= 0.6 is 0 Å². The minimum absolute atomic E-state index is 0.322. The van der Waals surface area contributed by atoms with Crippen LogP contribution in [-0.2, 0) is 0 Å². The van der Waals surface area contributed by atoms with Crippen LogP contribution in [-0.4, -0.2) is 29.4 Å². The van der Waals surface area contributed by atoms with Gasteiger partial charge in [0.25, 0.3) is 0 Å². The molecule has 1 rings (SSSR count). The molecule has 0 amide bonds. The lowest BCUT2D eigenvalue weighted by Gasteiger charge is -2.34. The zero-order chi connectivity index (χ0) is 11.4. The van der Waals surface area contributed by atoms with Gasteiger partial charge in [-0.3, -0.25) is 10.3 Å². The van der Waals surface area contributed by atoms with E-state index in [4.69, 9.17) is 11.1 Å². The Kier molecular flexibility index (Phi) is 4.58. The Bertz CT molecular complexity index is 209. The average Bonchev–Trinajstić information content (AvgIpc) is 2.93. The van der Waals surface area contributed by atoms with Gasteiger partial charge >= 0.3 is 0 Å². The molecule has 0 radical (unpaired) electrons. The lowest BCUT2D eigenvalue weighted by atomic mass is 10.1. The molecule has 88 valence electrons. The number of nitrogens with zero attached hydrogens (tertiary/aromatic N) is 1. The zero-order valence-electron chi connectivity index (χ0n) is 10.3. The lowest BCUT2D eigenvalue weighted by molar-refractivity contribution is 0.145. The van der Waals surface area contributed by atoms with E-state index in [-0.39, 0.29) is 0 Å². The Morgan fingerprint density at radius 3 is 2.40 bits per heavy atom. The van der Waals surface area contributed by atoms with Gasteiger partial charge in [0.15, 0.2) is 0 Å². The van der Waals surface area contributed by atoms with E-state index < -0.39 is 0 Å². The predicted molar refractivity (Wildman–Crippen MR) is 65.2 cm³/mol. The van der Waals surface area contributed by atoms with E-state index in [0.717, 1.165) is 18.8 Å². The van der Waals surface area contributed by atoms with Gasteiger partial charge in [0.05, 0.1) is 5.84 Å². The predicted octanol–water partition coefficient (Wildman–Crippen LogP) is 2.21. The van der Waals surface area contributed by atoms with E-state index in [2.05, 4.69) is 25.7 Å². The molecule has 3 heteroatoms. The number of hydrogen-bond donors (Lipinski definition) is 2. The summed E-state index contributed by atoms with van der Waals surface area (Å²) in [6, 6.07) is 1.03. The summed E-state index contributed by atoms with van der Waals surface area (Å²) in [5.41, 5.74) is 5.51. The topological polar surface area (TPSA) is 53.1 Å². The minimum Gasteiger partial charge on any atom is -0.388 e. The monoisotopic (exact) mass is 211 g/mol. The van der Waals surface area contributed by atoms with Crippen molar-refractivity contribution in [2.45, 2.75) is 58.5 Å². The number of hydrogen-bond acceptors (Lipinski definition) is 2. The Morgan fingerprint density at radius 1 is 1.47 bits per heavy atom.